The molecule has 2 aromatic heterocycles. The van der Waals surface area contributed by atoms with Crippen molar-refractivity contribution >= 4 is 69.4 Å². The van der Waals surface area contributed by atoms with Crippen LogP contribution in [0.5, 0.6) is 11.5 Å². The molecule has 0 bridgehead atoms. The number of nitrogens with zero attached hydrogens (tertiary/aromatic N) is 5. The highest BCUT2D eigenvalue weighted by atomic mass is 127. The minimum Gasteiger partial charge on any atom is -0.496 e. The van der Waals surface area contributed by atoms with Crippen LogP contribution in [0.2, 0.25) is 0 Å². The molecule has 1 amide bonds. The minimum absolute atomic E-state index is 0.0369. The molecule has 2 heterocycles. The number of hydroxylamine groups is 2. The molecule has 0 aliphatic rings. The van der Waals surface area contributed by atoms with E-state index in [1.54, 1.807) is 20.1 Å². The van der Waals surface area contributed by atoms with Crippen LogP contribution in [0.15, 0.2) is 47.0 Å². The molecule has 4 N–H and O–H groups in total. The summed E-state index contributed by atoms with van der Waals surface area (Å²) in [4.78, 5) is 45.1. The number of hydrogen-bond donors (Lipinski definition) is 2. The van der Waals surface area contributed by atoms with Crippen molar-refractivity contribution in [3.05, 3.63) is 79.7 Å². The van der Waals surface area contributed by atoms with Crippen molar-refractivity contribution in [2.24, 2.45) is 0 Å². The van der Waals surface area contributed by atoms with E-state index >= 15 is 0 Å². The van der Waals surface area contributed by atoms with E-state index in [0.29, 0.717) is 25.2 Å². The fourth-order valence-corrected chi connectivity index (χ4v) is 5.32. The van der Waals surface area contributed by atoms with Crippen LogP contribution in [0.4, 0.5) is 20.4 Å². The molecule has 264 valence electrons. The van der Waals surface area contributed by atoms with Crippen molar-refractivity contribution in [2.75, 3.05) is 51.4 Å². The summed E-state index contributed by atoms with van der Waals surface area (Å²) in [6.45, 7) is 7.46. The number of amides is 1. The van der Waals surface area contributed by atoms with Crippen molar-refractivity contribution in [3.63, 3.8) is 0 Å². The summed E-state index contributed by atoms with van der Waals surface area (Å²) < 4.78 is 37.6. The molecule has 49 heavy (non-hydrogen) atoms. The highest BCUT2D eigenvalue weighted by molar-refractivity contribution is 14.1. The molecule has 2 aromatic carbocycles. The van der Waals surface area contributed by atoms with E-state index < -0.39 is 11.6 Å². The summed E-state index contributed by atoms with van der Waals surface area (Å²) in [5.41, 5.74) is 13.1. The third-order valence-corrected chi connectivity index (χ3v) is 8.65. The van der Waals surface area contributed by atoms with E-state index in [1.807, 2.05) is 43.4 Å². The van der Waals surface area contributed by atoms with E-state index in [-0.39, 0.29) is 40.1 Å². The molecule has 0 aliphatic carbocycles. The second-order valence-electron chi connectivity index (χ2n) is 9.62. The van der Waals surface area contributed by atoms with Crippen LogP contribution in [0.1, 0.15) is 51.3 Å². The van der Waals surface area contributed by atoms with Gasteiger partial charge in [0.05, 0.1) is 36.0 Å². The second-order valence-corrected chi connectivity index (χ2v) is 13.2. The zero-order valence-electron chi connectivity index (χ0n) is 28.3. The average molecular weight is 830 g/mol. The molecule has 17 heteroatoms. The van der Waals surface area contributed by atoms with E-state index in [9.17, 15) is 18.4 Å². The number of nitrogens with two attached hydrogens (primary N) is 2. The number of methoxy groups -OCH3 is 2. The smallest absolute Gasteiger partial charge is 0.282 e. The number of ketones is 1. The summed E-state index contributed by atoms with van der Waals surface area (Å²) in [6.07, 6.45) is 2.74. The van der Waals surface area contributed by atoms with Crippen molar-refractivity contribution in [1.29, 1.82) is 0 Å². The van der Waals surface area contributed by atoms with Crippen LogP contribution in [0, 0.1) is 29.1 Å². The lowest BCUT2D eigenvalue weighted by molar-refractivity contribution is -0.0756. The fourth-order valence-electron chi connectivity index (χ4n) is 3.79. The van der Waals surface area contributed by atoms with Gasteiger partial charge in [-0.2, -0.15) is 0 Å². The Hall–Kier alpha value is -3.81. The number of carbonyl (C=O) groups excluding carboxylic acids is 2. The molecule has 0 atom stereocenters. The van der Waals surface area contributed by atoms with Crippen molar-refractivity contribution < 1.29 is 32.7 Å². The number of nitrogen functional groups attached to an aromatic ring is 2. The quantitative estimate of drug-likeness (QED) is 0.0592. The van der Waals surface area contributed by atoms with Gasteiger partial charge >= 0.3 is 0 Å². The summed E-state index contributed by atoms with van der Waals surface area (Å²) in [5.74, 6) is 1.25. The number of aromatic nitrogens is 4. The van der Waals surface area contributed by atoms with Crippen molar-refractivity contribution in [2.45, 2.75) is 38.0 Å². The van der Waals surface area contributed by atoms with Crippen LogP contribution in [-0.2, 0) is 4.84 Å². The molecular weight excluding hydrogens is 791 g/mol. The predicted octanol–water partition coefficient (Wildman–Crippen LogP) is 6.41. The van der Waals surface area contributed by atoms with E-state index in [2.05, 4.69) is 19.9 Å². The van der Waals surface area contributed by atoms with Crippen LogP contribution in [-0.4, -0.2) is 76.6 Å². The lowest BCUT2D eigenvalue weighted by Gasteiger charge is -2.14. The van der Waals surface area contributed by atoms with Crippen molar-refractivity contribution in [3.8, 4) is 11.5 Å². The van der Waals surface area contributed by atoms with Gasteiger partial charge in [0.1, 0.15) is 40.3 Å². The molecule has 0 radical (unpaired) electrons. The molecule has 0 unspecified atom stereocenters. The van der Waals surface area contributed by atoms with Crippen molar-refractivity contribution in [1.82, 2.24) is 25.0 Å². The van der Waals surface area contributed by atoms with Gasteiger partial charge in [0.2, 0.25) is 5.78 Å². The predicted molar refractivity (Wildman–Crippen MR) is 196 cm³/mol. The molecule has 0 saturated carbocycles. The molecule has 0 aliphatic heterocycles. The number of rotatable bonds is 10. The Morgan fingerprint density at radius 1 is 0.796 bits per heavy atom. The molecule has 4 rings (SSSR count). The number of thioether (sulfide) groups is 2. The second kappa shape index (κ2) is 20.0. The van der Waals surface area contributed by atoms with Gasteiger partial charge < -0.3 is 20.9 Å². The van der Waals surface area contributed by atoms with E-state index in [1.165, 1.54) is 75.4 Å². The molecule has 0 spiro atoms. The van der Waals surface area contributed by atoms with Gasteiger partial charge in [-0.1, -0.05) is 37.4 Å². The Balaban J connectivity index is 0.000000271. The maximum absolute atomic E-state index is 14.1. The first-order chi connectivity index (χ1) is 23.2. The Kier molecular flexibility index (Phi) is 16.9. The molecule has 12 nitrogen and oxygen atoms in total. The number of benzene rings is 2. The van der Waals surface area contributed by atoms with Gasteiger partial charge in [-0.15, -0.1) is 0 Å². The lowest BCUT2D eigenvalue weighted by Crippen LogP contribution is -2.26. The average Bonchev–Trinajstić information content (AvgIpc) is 3.06. The molecule has 0 fully saturated rings. The number of aryl methyl sites for hydroxylation is 2. The summed E-state index contributed by atoms with van der Waals surface area (Å²) in [6, 6.07) is 5.78. The summed E-state index contributed by atoms with van der Waals surface area (Å²) in [7, 11) is 5.94. The third-order valence-electron chi connectivity index (χ3n) is 6.34. The Morgan fingerprint density at radius 2 is 1.27 bits per heavy atom. The SMILES string of the molecule is CCSc1ncc(C(=O)N(C)OC)c(N)n1.CCSc1ncc(C(=O)c2cc(OC)c(C)cc2F)c(N)n1.COc1cc(I)c(F)cc1C. The molecule has 4 aromatic rings. The number of hydrogen-bond acceptors (Lipinski definition) is 13. The Morgan fingerprint density at radius 3 is 1.71 bits per heavy atom. The standard InChI is InChI=1S/C15H16FN3O2S.C9H14N4O2S.C8H8FIO/c1-4-22-15-18-7-10(14(17)19-15)13(20)9-6-12(21-3)8(2)5-11(9)16;1-4-16-9-11-5-6(7(10)12-9)8(14)13(2)15-3;1-5-3-6(9)7(10)4-8(5)11-2/h5-7H,4H2,1-3H3,(H2,17,18,19);5H,4H2,1-3H3,(H2,10,11,12);3-4H,1-2H3. The van der Waals surface area contributed by atoms with E-state index in [4.69, 9.17) is 25.8 Å². The summed E-state index contributed by atoms with van der Waals surface area (Å²) in [5, 5.41) is 2.12. The lowest BCUT2D eigenvalue weighted by atomic mass is 10.0. The van der Waals surface area contributed by atoms with E-state index in [0.717, 1.165) is 27.9 Å². The van der Waals surface area contributed by atoms with Crippen LogP contribution >= 0.6 is 46.1 Å². The van der Waals surface area contributed by atoms with Gasteiger partial charge in [-0.3, -0.25) is 14.4 Å². The largest absolute Gasteiger partial charge is 0.496 e. The Bertz CT molecular complexity index is 1770. The van der Waals surface area contributed by atoms with Gasteiger partial charge in [0, 0.05) is 19.4 Å². The zero-order chi connectivity index (χ0) is 36.8. The molecular formula is C32H38F2IN7O5S2. The van der Waals surface area contributed by atoms with Gasteiger partial charge in [-0.05, 0) is 83.3 Å². The van der Waals surface area contributed by atoms with Crippen LogP contribution < -0.4 is 20.9 Å². The maximum atomic E-state index is 14.1. The molecule has 0 saturated heterocycles. The Labute approximate surface area is 306 Å². The number of anilines is 2. The topological polar surface area (TPSA) is 169 Å². The highest BCUT2D eigenvalue weighted by Crippen LogP contribution is 2.26. The minimum atomic E-state index is -0.630. The normalized spacial score (nSPS) is 10.3. The van der Waals surface area contributed by atoms with Gasteiger partial charge in [0.25, 0.3) is 5.91 Å². The monoisotopic (exact) mass is 829 g/mol. The number of carbonyl (C=O) groups is 2. The number of ether oxygens (including phenoxy) is 2. The van der Waals surface area contributed by atoms with Gasteiger partial charge in [0.15, 0.2) is 10.3 Å². The number of halogens is 3. The first-order valence-corrected chi connectivity index (χ1v) is 17.5. The summed E-state index contributed by atoms with van der Waals surface area (Å²) >= 11 is 4.81. The first-order valence-electron chi connectivity index (χ1n) is 14.4. The fraction of sp³-hybridized carbons (Fsp3) is 0.312. The zero-order valence-corrected chi connectivity index (χ0v) is 32.1. The first kappa shape index (κ1) is 41.4. The van der Waals surface area contributed by atoms with Gasteiger partial charge in [-0.25, -0.2) is 33.8 Å². The third kappa shape index (κ3) is 11.6. The van der Waals surface area contributed by atoms with Crippen LogP contribution in [0.3, 0.4) is 0 Å². The maximum Gasteiger partial charge on any atom is 0.282 e. The van der Waals surface area contributed by atoms with Crippen LogP contribution in [0.25, 0.3) is 0 Å². The highest BCUT2D eigenvalue weighted by Gasteiger charge is 2.21.